The van der Waals surface area contributed by atoms with Crippen molar-refractivity contribution in [3.05, 3.63) is 12.2 Å². The third kappa shape index (κ3) is 2.25. The van der Waals surface area contributed by atoms with Crippen LogP contribution in [0, 0.1) is 17.8 Å². The van der Waals surface area contributed by atoms with Crippen molar-refractivity contribution in [2.24, 2.45) is 17.8 Å². The maximum Gasteiger partial charge on any atom is 0.0633 e. The van der Waals surface area contributed by atoms with Gasteiger partial charge in [-0.25, -0.2) is 0 Å². The van der Waals surface area contributed by atoms with Gasteiger partial charge in [-0.2, -0.15) is 0 Å². The van der Waals surface area contributed by atoms with Crippen LogP contribution in [0.5, 0.6) is 0 Å². The van der Waals surface area contributed by atoms with Crippen LogP contribution in [0.4, 0.5) is 0 Å². The third-order valence-corrected chi connectivity index (χ3v) is 3.91. The van der Waals surface area contributed by atoms with E-state index in [4.69, 9.17) is 10.2 Å². The lowest BCUT2D eigenvalue weighted by molar-refractivity contribution is 0.0991. The van der Waals surface area contributed by atoms with Gasteiger partial charge in [0.25, 0.3) is 0 Å². The summed E-state index contributed by atoms with van der Waals surface area (Å²) >= 11 is 0. The molecule has 2 aliphatic rings. The summed E-state index contributed by atoms with van der Waals surface area (Å²) in [5.41, 5.74) is -0.522. The highest BCUT2D eigenvalue weighted by Crippen LogP contribution is 2.43. The molecular formula is C12H21NO2. The van der Waals surface area contributed by atoms with E-state index in [0.717, 1.165) is 18.4 Å². The minimum atomic E-state index is -0.522. The quantitative estimate of drug-likeness (QED) is 0.582. The number of aliphatic hydroxyl groups is 2. The van der Waals surface area contributed by atoms with E-state index >= 15 is 0 Å². The van der Waals surface area contributed by atoms with Crippen LogP contribution in [-0.4, -0.2) is 35.5 Å². The van der Waals surface area contributed by atoms with Gasteiger partial charge in [0.05, 0.1) is 18.8 Å². The summed E-state index contributed by atoms with van der Waals surface area (Å²) in [5.74, 6) is 2.21. The molecular weight excluding hydrogens is 190 g/mol. The zero-order valence-electron chi connectivity index (χ0n) is 9.32. The van der Waals surface area contributed by atoms with Gasteiger partial charge in [0.15, 0.2) is 0 Å². The van der Waals surface area contributed by atoms with Crippen LogP contribution < -0.4 is 5.32 Å². The van der Waals surface area contributed by atoms with Crippen LogP contribution >= 0.6 is 0 Å². The number of nitrogens with one attached hydrogen (secondary N) is 1. The molecule has 0 aromatic carbocycles. The molecule has 1 saturated carbocycles. The van der Waals surface area contributed by atoms with Crippen molar-refractivity contribution in [3.63, 3.8) is 0 Å². The van der Waals surface area contributed by atoms with E-state index < -0.39 is 5.54 Å². The Labute approximate surface area is 91.2 Å². The van der Waals surface area contributed by atoms with E-state index in [1.807, 2.05) is 6.92 Å². The fourth-order valence-corrected chi connectivity index (χ4v) is 2.67. The van der Waals surface area contributed by atoms with Gasteiger partial charge in [-0.05, 0) is 44.1 Å². The molecule has 3 atom stereocenters. The Morgan fingerprint density at radius 2 is 2.00 bits per heavy atom. The molecule has 0 aliphatic heterocycles. The molecule has 3 N–H and O–H groups in total. The van der Waals surface area contributed by atoms with Gasteiger partial charge in [0.2, 0.25) is 0 Å². The minimum Gasteiger partial charge on any atom is -0.394 e. The lowest BCUT2D eigenvalue weighted by atomic mass is 9.92. The summed E-state index contributed by atoms with van der Waals surface area (Å²) in [4.78, 5) is 0. The lowest BCUT2D eigenvalue weighted by Crippen LogP contribution is -2.50. The molecule has 0 saturated heterocycles. The third-order valence-electron chi connectivity index (χ3n) is 3.91. The number of aliphatic hydroxyl groups excluding tert-OH is 2. The first kappa shape index (κ1) is 11.1. The molecule has 2 aliphatic carbocycles. The van der Waals surface area contributed by atoms with Crippen molar-refractivity contribution in [2.75, 3.05) is 19.8 Å². The smallest absolute Gasteiger partial charge is 0.0633 e. The number of rotatable bonds is 5. The molecule has 0 aromatic heterocycles. The highest BCUT2D eigenvalue weighted by Gasteiger charge is 2.36. The largest absolute Gasteiger partial charge is 0.394 e. The number of fused-ring (bicyclic) bond motifs is 2. The van der Waals surface area contributed by atoms with E-state index in [-0.39, 0.29) is 13.2 Å². The molecule has 0 unspecified atom stereocenters. The fraction of sp³-hybridized carbons (Fsp3) is 0.833. The Bertz CT molecular complexity index is 248. The van der Waals surface area contributed by atoms with Crippen molar-refractivity contribution in [2.45, 2.75) is 25.3 Å². The average Bonchev–Trinajstić information content (AvgIpc) is 2.87. The summed E-state index contributed by atoms with van der Waals surface area (Å²) in [6, 6.07) is 0. The first-order valence-electron chi connectivity index (χ1n) is 5.82. The van der Waals surface area contributed by atoms with Gasteiger partial charge in [0.1, 0.15) is 0 Å². The van der Waals surface area contributed by atoms with Crippen molar-refractivity contribution in [3.8, 4) is 0 Å². The molecule has 2 bridgehead atoms. The predicted octanol–water partition coefficient (Wildman–Crippen LogP) is 0.531. The van der Waals surface area contributed by atoms with E-state index in [1.165, 1.54) is 12.8 Å². The second-order valence-electron chi connectivity index (χ2n) is 5.30. The SMILES string of the molecule is CC(CO)(CO)NC[C@@H]1C[C@@H]2C=C[C@H]1C2. The summed E-state index contributed by atoms with van der Waals surface area (Å²) < 4.78 is 0. The lowest BCUT2D eigenvalue weighted by Gasteiger charge is -2.29. The summed E-state index contributed by atoms with van der Waals surface area (Å²) in [6.07, 6.45) is 7.23. The maximum absolute atomic E-state index is 9.15. The molecule has 0 amide bonds. The van der Waals surface area contributed by atoms with Crippen molar-refractivity contribution >= 4 is 0 Å². The molecule has 0 heterocycles. The molecule has 2 rings (SSSR count). The molecule has 0 aromatic rings. The Hall–Kier alpha value is -0.380. The second-order valence-corrected chi connectivity index (χ2v) is 5.30. The average molecular weight is 211 g/mol. The van der Waals surface area contributed by atoms with Crippen molar-refractivity contribution < 1.29 is 10.2 Å². The van der Waals surface area contributed by atoms with E-state index in [0.29, 0.717) is 5.92 Å². The highest BCUT2D eigenvalue weighted by atomic mass is 16.3. The topological polar surface area (TPSA) is 52.5 Å². The summed E-state index contributed by atoms with van der Waals surface area (Å²) in [7, 11) is 0. The van der Waals surface area contributed by atoms with E-state index in [1.54, 1.807) is 0 Å². The van der Waals surface area contributed by atoms with E-state index in [2.05, 4.69) is 17.5 Å². The first-order valence-corrected chi connectivity index (χ1v) is 5.82. The normalized spacial score (nSPS) is 33.9. The summed E-state index contributed by atoms with van der Waals surface area (Å²) in [6.45, 7) is 2.74. The van der Waals surface area contributed by atoms with Crippen LogP contribution in [0.2, 0.25) is 0 Å². The molecule has 1 fully saturated rings. The van der Waals surface area contributed by atoms with Gasteiger partial charge in [-0.1, -0.05) is 12.2 Å². The zero-order chi connectivity index (χ0) is 10.9. The van der Waals surface area contributed by atoms with Gasteiger partial charge < -0.3 is 15.5 Å². The second kappa shape index (κ2) is 4.24. The fourth-order valence-electron chi connectivity index (χ4n) is 2.67. The monoisotopic (exact) mass is 211 g/mol. The van der Waals surface area contributed by atoms with Crippen LogP contribution in [0.15, 0.2) is 12.2 Å². The molecule has 86 valence electrons. The Morgan fingerprint density at radius 1 is 1.27 bits per heavy atom. The molecule has 0 spiro atoms. The van der Waals surface area contributed by atoms with Gasteiger partial charge in [-0.15, -0.1) is 0 Å². The zero-order valence-corrected chi connectivity index (χ0v) is 9.32. The van der Waals surface area contributed by atoms with Crippen LogP contribution in [0.1, 0.15) is 19.8 Å². The molecule has 3 nitrogen and oxygen atoms in total. The Morgan fingerprint density at radius 3 is 2.47 bits per heavy atom. The highest BCUT2D eigenvalue weighted by molar-refractivity contribution is 5.10. The van der Waals surface area contributed by atoms with Crippen molar-refractivity contribution in [1.29, 1.82) is 0 Å². The first-order chi connectivity index (χ1) is 7.17. The number of hydrogen-bond acceptors (Lipinski definition) is 3. The Kier molecular flexibility index (Phi) is 3.14. The van der Waals surface area contributed by atoms with Gasteiger partial charge >= 0.3 is 0 Å². The molecule has 0 radical (unpaired) electrons. The Balaban J connectivity index is 1.81. The molecule has 15 heavy (non-hydrogen) atoms. The van der Waals surface area contributed by atoms with E-state index in [9.17, 15) is 0 Å². The van der Waals surface area contributed by atoms with Crippen LogP contribution in [0.25, 0.3) is 0 Å². The minimum absolute atomic E-state index is 0.0137. The van der Waals surface area contributed by atoms with Gasteiger partial charge in [-0.3, -0.25) is 0 Å². The summed E-state index contributed by atoms with van der Waals surface area (Å²) in [5, 5.41) is 21.6. The molecule has 3 heteroatoms. The standard InChI is InChI=1S/C12H21NO2/c1-12(7-14,8-15)13-6-11-5-9-2-3-10(11)4-9/h2-3,9-11,13-15H,4-8H2,1H3/t9-,10+,11+/m1/s1. The number of allylic oxidation sites excluding steroid dienone is 2. The maximum atomic E-state index is 9.15. The van der Waals surface area contributed by atoms with Crippen molar-refractivity contribution in [1.82, 2.24) is 5.32 Å². The van der Waals surface area contributed by atoms with Crippen LogP contribution in [0.3, 0.4) is 0 Å². The van der Waals surface area contributed by atoms with Crippen LogP contribution in [-0.2, 0) is 0 Å². The predicted molar refractivity (Wildman–Crippen MR) is 59.4 cm³/mol. The van der Waals surface area contributed by atoms with Gasteiger partial charge in [0, 0.05) is 0 Å². The number of hydrogen-bond donors (Lipinski definition) is 3.